The van der Waals surface area contributed by atoms with Crippen LogP contribution in [-0.4, -0.2) is 28.7 Å². The summed E-state index contributed by atoms with van der Waals surface area (Å²) in [5.41, 5.74) is 2.27. The first kappa shape index (κ1) is 13.8. The van der Waals surface area contributed by atoms with Crippen LogP contribution < -0.4 is 10.6 Å². The monoisotopic (exact) mass is 312 g/mol. The van der Waals surface area contributed by atoms with Gasteiger partial charge in [0.1, 0.15) is 0 Å². The van der Waals surface area contributed by atoms with Crippen molar-refractivity contribution in [3.63, 3.8) is 0 Å². The topological polar surface area (TPSA) is 41.9 Å². The Morgan fingerprint density at radius 2 is 2.05 bits per heavy atom. The van der Waals surface area contributed by atoms with Crippen molar-refractivity contribution in [3.8, 4) is 0 Å². The third-order valence-electron chi connectivity index (χ3n) is 4.22. The van der Waals surface area contributed by atoms with Gasteiger partial charge in [0, 0.05) is 10.9 Å². The fraction of sp³-hybridized carbons (Fsp3) is 0.353. The largest absolute Gasteiger partial charge is 0.353 e. The quantitative estimate of drug-likeness (QED) is 0.776. The first-order chi connectivity index (χ1) is 10.9. The highest BCUT2D eigenvalue weighted by molar-refractivity contribution is 7.09. The molecule has 0 atom stereocenters. The summed E-state index contributed by atoms with van der Waals surface area (Å²) in [7, 11) is 0. The second kappa shape index (κ2) is 6.10. The van der Waals surface area contributed by atoms with Gasteiger partial charge in [0.05, 0.1) is 17.6 Å². The van der Waals surface area contributed by atoms with Gasteiger partial charge in [-0.1, -0.05) is 18.2 Å². The lowest BCUT2D eigenvalue weighted by Gasteiger charge is -2.24. The molecule has 0 unspecified atom stereocenters. The van der Waals surface area contributed by atoms with Gasteiger partial charge in [-0.2, -0.15) is 0 Å². The molecule has 0 aliphatic carbocycles. The molecule has 2 N–H and O–H groups in total. The van der Waals surface area contributed by atoms with Crippen molar-refractivity contribution in [1.29, 1.82) is 0 Å². The molecule has 2 aromatic heterocycles. The molecular formula is C17H20N4S. The Kier molecular flexibility index (Phi) is 3.83. The fourth-order valence-electron chi connectivity index (χ4n) is 3.05. The van der Waals surface area contributed by atoms with Crippen molar-refractivity contribution in [2.24, 2.45) is 0 Å². The average Bonchev–Trinajstić information content (AvgIpc) is 3.18. The number of nitrogens with one attached hydrogen (secondary N) is 2. The van der Waals surface area contributed by atoms with Crippen LogP contribution in [0.3, 0.4) is 0 Å². The maximum absolute atomic E-state index is 4.82. The molecule has 1 fully saturated rings. The van der Waals surface area contributed by atoms with Gasteiger partial charge in [-0.15, -0.1) is 11.3 Å². The third kappa shape index (κ3) is 2.74. The van der Waals surface area contributed by atoms with Crippen LogP contribution in [-0.2, 0) is 6.54 Å². The van der Waals surface area contributed by atoms with Gasteiger partial charge in [0.2, 0.25) is 5.95 Å². The molecule has 0 spiro atoms. The highest BCUT2D eigenvalue weighted by Gasteiger charge is 2.17. The van der Waals surface area contributed by atoms with Gasteiger partial charge in [0.15, 0.2) is 0 Å². The Bertz CT molecular complexity index is 741. The SMILES string of the molecule is c1csc(Cn2c(NC3CCNCC3)nc3ccccc32)c1. The highest BCUT2D eigenvalue weighted by atomic mass is 32.1. The van der Waals surface area contributed by atoms with Crippen LogP contribution in [0.25, 0.3) is 11.0 Å². The summed E-state index contributed by atoms with van der Waals surface area (Å²) < 4.78 is 2.31. The lowest BCUT2D eigenvalue weighted by atomic mass is 10.1. The Balaban J connectivity index is 1.69. The van der Waals surface area contributed by atoms with Crippen molar-refractivity contribution in [3.05, 3.63) is 46.7 Å². The zero-order chi connectivity index (χ0) is 14.8. The summed E-state index contributed by atoms with van der Waals surface area (Å²) in [6.07, 6.45) is 2.31. The Labute approximate surface area is 134 Å². The number of thiophene rings is 1. The summed E-state index contributed by atoms with van der Waals surface area (Å²) >= 11 is 1.80. The minimum atomic E-state index is 0.514. The van der Waals surface area contributed by atoms with Crippen LogP contribution in [0.5, 0.6) is 0 Å². The molecule has 0 saturated carbocycles. The van der Waals surface area contributed by atoms with E-state index in [2.05, 4.69) is 57.0 Å². The van der Waals surface area contributed by atoms with Gasteiger partial charge in [-0.25, -0.2) is 4.98 Å². The van der Waals surface area contributed by atoms with Crippen LogP contribution in [0.15, 0.2) is 41.8 Å². The van der Waals surface area contributed by atoms with Gasteiger partial charge in [-0.3, -0.25) is 0 Å². The highest BCUT2D eigenvalue weighted by Crippen LogP contribution is 2.24. The normalized spacial score (nSPS) is 16.2. The number of piperidine rings is 1. The summed E-state index contributed by atoms with van der Waals surface area (Å²) in [5.74, 6) is 1.00. The zero-order valence-corrected chi connectivity index (χ0v) is 13.3. The number of aromatic nitrogens is 2. The number of rotatable bonds is 4. The van der Waals surface area contributed by atoms with Crippen molar-refractivity contribution >= 4 is 28.3 Å². The van der Waals surface area contributed by atoms with Crippen LogP contribution in [0.2, 0.25) is 0 Å². The molecule has 1 aliphatic rings. The molecule has 114 valence electrons. The standard InChI is InChI=1S/C17H20N4S/c1-2-6-16-15(5-1)20-17(19-13-7-9-18-10-8-13)21(16)12-14-4-3-11-22-14/h1-6,11,13,18H,7-10,12H2,(H,19,20). The molecule has 1 aromatic carbocycles. The van der Waals surface area contributed by atoms with E-state index in [0.717, 1.165) is 43.9 Å². The van der Waals surface area contributed by atoms with Crippen LogP contribution in [0, 0.1) is 0 Å². The predicted molar refractivity (Wildman–Crippen MR) is 92.7 cm³/mol. The van der Waals surface area contributed by atoms with Gasteiger partial charge >= 0.3 is 0 Å². The number of anilines is 1. The summed E-state index contributed by atoms with van der Waals surface area (Å²) in [6.45, 7) is 3.05. The van der Waals surface area contributed by atoms with E-state index in [0.29, 0.717) is 6.04 Å². The van der Waals surface area contributed by atoms with E-state index in [4.69, 9.17) is 4.98 Å². The van der Waals surface area contributed by atoms with Crippen LogP contribution in [0.1, 0.15) is 17.7 Å². The lowest BCUT2D eigenvalue weighted by molar-refractivity contribution is 0.476. The minimum Gasteiger partial charge on any atom is -0.353 e. The van der Waals surface area contributed by atoms with Crippen molar-refractivity contribution < 1.29 is 0 Å². The Morgan fingerprint density at radius 1 is 1.18 bits per heavy atom. The average molecular weight is 312 g/mol. The van der Waals surface area contributed by atoms with E-state index in [1.165, 1.54) is 10.4 Å². The molecule has 1 saturated heterocycles. The summed E-state index contributed by atoms with van der Waals surface area (Å²) in [5, 5.41) is 9.21. The first-order valence-corrected chi connectivity index (χ1v) is 8.73. The zero-order valence-electron chi connectivity index (χ0n) is 12.5. The molecule has 5 heteroatoms. The van der Waals surface area contributed by atoms with E-state index < -0.39 is 0 Å². The molecule has 4 rings (SSSR count). The molecule has 0 bridgehead atoms. The second-order valence-corrected chi connectivity index (χ2v) is 6.79. The molecule has 3 aromatic rings. The summed E-state index contributed by atoms with van der Waals surface area (Å²) in [4.78, 5) is 6.18. The molecule has 3 heterocycles. The van der Waals surface area contributed by atoms with Gasteiger partial charge in [-0.05, 0) is 49.5 Å². The Hall–Kier alpha value is -1.85. The predicted octanol–water partition coefficient (Wildman–Crippen LogP) is 3.31. The van der Waals surface area contributed by atoms with E-state index in [-0.39, 0.29) is 0 Å². The summed E-state index contributed by atoms with van der Waals surface area (Å²) in [6, 6.07) is 13.2. The van der Waals surface area contributed by atoms with Crippen LogP contribution >= 0.6 is 11.3 Å². The number of hydrogen-bond acceptors (Lipinski definition) is 4. The van der Waals surface area contributed by atoms with Gasteiger partial charge < -0.3 is 15.2 Å². The lowest BCUT2D eigenvalue weighted by Crippen LogP contribution is -2.36. The molecule has 22 heavy (non-hydrogen) atoms. The van der Waals surface area contributed by atoms with E-state index in [1.807, 2.05) is 0 Å². The minimum absolute atomic E-state index is 0.514. The maximum atomic E-state index is 4.82. The third-order valence-corrected chi connectivity index (χ3v) is 5.08. The number of nitrogens with zero attached hydrogens (tertiary/aromatic N) is 2. The van der Waals surface area contributed by atoms with E-state index >= 15 is 0 Å². The first-order valence-electron chi connectivity index (χ1n) is 7.85. The maximum Gasteiger partial charge on any atom is 0.204 e. The van der Waals surface area contributed by atoms with Crippen molar-refractivity contribution in [2.45, 2.75) is 25.4 Å². The number of para-hydroxylation sites is 2. The fourth-order valence-corrected chi connectivity index (χ4v) is 3.75. The number of benzene rings is 1. The number of imidazole rings is 1. The number of hydrogen-bond donors (Lipinski definition) is 2. The van der Waals surface area contributed by atoms with E-state index in [1.54, 1.807) is 11.3 Å². The van der Waals surface area contributed by atoms with Crippen LogP contribution in [0.4, 0.5) is 5.95 Å². The molecular weight excluding hydrogens is 292 g/mol. The second-order valence-electron chi connectivity index (χ2n) is 5.76. The van der Waals surface area contributed by atoms with Crippen molar-refractivity contribution in [2.75, 3.05) is 18.4 Å². The smallest absolute Gasteiger partial charge is 0.204 e. The molecule has 1 aliphatic heterocycles. The molecule has 4 nitrogen and oxygen atoms in total. The van der Waals surface area contributed by atoms with E-state index in [9.17, 15) is 0 Å². The molecule has 0 amide bonds. The number of fused-ring (bicyclic) bond motifs is 1. The van der Waals surface area contributed by atoms with Gasteiger partial charge in [0.25, 0.3) is 0 Å². The Morgan fingerprint density at radius 3 is 2.86 bits per heavy atom. The van der Waals surface area contributed by atoms with Crippen molar-refractivity contribution in [1.82, 2.24) is 14.9 Å². The molecule has 0 radical (unpaired) electrons.